The first kappa shape index (κ1) is 31.9. The quantitative estimate of drug-likeness (QED) is 0.162. The van der Waals surface area contributed by atoms with Crippen LogP contribution in [0.1, 0.15) is 137 Å². The van der Waals surface area contributed by atoms with E-state index in [1.54, 1.807) is 13.8 Å². The van der Waals surface area contributed by atoms with Gasteiger partial charge >= 0.3 is 0 Å². The average Bonchev–Trinajstić information content (AvgIpc) is 2.75. The Morgan fingerprint density at radius 2 is 1.15 bits per heavy atom. The van der Waals surface area contributed by atoms with Gasteiger partial charge in [0.25, 0.3) is 0 Å². The first-order valence-electron chi connectivity index (χ1n) is 13.9. The molecule has 0 aliphatic rings. The molecule has 196 valence electrons. The van der Waals surface area contributed by atoms with Crippen molar-refractivity contribution >= 4 is 11.9 Å². The van der Waals surface area contributed by atoms with Crippen LogP contribution in [0, 0.1) is 0 Å². The highest BCUT2D eigenvalue weighted by Gasteiger charge is 2.39. The number of nitrogens with zero attached hydrogens (tertiary/aromatic N) is 1. The molecule has 0 spiro atoms. The average molecular weight is 469 g/mol. The number of likely N-dealkylation sites (N-methyl/N-ethyl adjacent to an activating group) is 1. The van der Waals surface area contributed by atoms with Crippen molar-refractivity contribution in [3.05, 3.63) is 0 Å². The minimum absolute atomic E-state index is 0.0255. The number of hydrogen-bond donors (Lipinski definition) is 1. The Kier molecular flexibility index (Phi) is 17.6. The maximum absolute atomic E-state index is 12.4. The van der Waals surface area contributed by atoms with E-state index in [0.29, 0.717) is 13.0 Å². The van der Waals surface area contributed by atoms with Crippen LogP contribution in [0.3, 0.4) is 0 Å². The van der Waals surface area contributed by atoms with E-state index in [2.05, 4.69) is 12.2 Å². The van der Waals surface area contributed by atoms with Gasteiger partial charge in [-0.3, -0.25) is 4.79 Å². The molecule has 5 nitrogen and oxygen atoms in total. The van der Waals surface area contributed by atoms with E-state index >= 15 is 0 Å². The zero-order chi connectivity index (χ0) is 25.2. The Morgan fingerprint density at radius 1 is 0.758 bits per heavy atom. The lowest BCUT2D eigenvalue weighted by Crippen LogP contribution is -2.67. The molecule has 1 N–H and O–H groups in total. The molecule has 0 rings (SSSR count). The summed E-state index contributed by atoms with van der Waals surface area (Å²) in [6.07, 6.45) is 21.1. The van der Waals surface area contributed by atoms with Crippen molar-refractivity contribution in [2.75, 3.05) is 20.6 Å². The molecular weight excluding hydrogens is 412 g/mol. The van der Waals surface area contributed by atoms with Crippen molar-refractivity contribution in [2.24, 2.45) is 0 Å². The molecule has 0 saturated heterocycles. The summed E-state index contributed by atoms with van der Waals surface area (Å²) >= 11 is 0. The number of carboxylic acids is 1. The smallest absolute Gasteiger partial charge is 0.220 e. The molecule has 0 heterocycles. The maximum Gasteiger partial charge on any atom is 0.220 e. The van der Waals surface area contributed by atoms with Crippen molar-refractivity contribution in [3.8, 4) is 0 Å². The van der Waals surface area contributed by atoms with Crippen LogP contribution in [0.2, 0.25) is 0 Å². The lowest BCUT2D eigenvalue weighted by atomic mass is 9.99. The molecule has 0 aromatic carbocycles. The van der Waals surface area contributed by atoms with Crippen LogP contribution in [0.15, 0.2) is 0 Å². The van der Waals surface area contributed by atoms with E-state index in [-0.39, 0.29) is 16.4 Å². The Morgan fingerprint density at radius 3 is 1.52 bits per heavy atom. The normalized spacial score (nSPS) is 13.2. The molecule has 1 amide bonds. The molecule has 0 bridgehead atoms. The van der Waals surface area contributed by atoms with Gasteiger partial charge in [-0.05, 0) is 26.7 Å². The SMILES string of the molecule is CCCCCCCCCCCCCCCCCC(=O)NC(CC)C[N+](C)(C)C(C)(C)C(=O)[O-]. The van der Waals surface area contributed by atoms with E-state index in [4.69, 9.17) is 0 Å². The number of carboxylic acid groups (broad SMARTS) is 1. The summed E-state index contributed by atoms with van der Waals surface area (Å²) in [4.78, 5) is 23.9. The van der Waals surface area contributed by atoms with Gasteiger partial charge in [-0.2, -0.15) is 0 Å². The van der Waals surface area contributed by atoms with E-state index in [0.717, 1.165) is 19.3 Å². The van der Waals surface area contributed by atoms with Gasteiger partial charge in [0.1, 0.15) is 11.5 Å². The topological polar surface area (TPSA) is 69.2 Å². The first-order valence-corrected chi connectivity index (χ1v) is 13.9. The standard InChI is InChI=1S/C28H56N2O3/c1-7-9-10-11-12-13-14-15-16-17-18-19-20-21-22-23-26(31)29-25(8-2)24-30(5,6)28(3,4)27(32)33/h25H,7-24H2,1-6H3,(H-,29,31,32,33). The van der Waals surface area contributed by atoms with Crippen LogP contribution in [-0.4, -0.2) is 48.6 Å². The fourth-order valence-electron chi connectivity index (χ4n) is 4.26. The van der Waals surface area contributed by atoms with Gasteiger partial charge in [-0.15, -0.1) is 0 Å². The number of nitrogens with one attached hydrogen (secondary N) is 1. The highest BCUT2D eigenvalue weighted by molar-refractivity contribution is 5.76. The van der Waals surface area contributed by atoms with Crippen molar-refractivity contribution in [1.82, 2.24) is 5.32 Å². The van der Waals surface area contributed by atoms with E-state index in [9.17, 15) is 14.7 Å². The van der Waals surface area contributed by atoms with Gasteiger partial charge in [0, 0.05) is 6.42 Å². The third kappa shape index (κ3) is 14.7. The van der Waals surface area contributed by atoms with Crippen LogP contribution >= 0.6 is 0 Å². The largest absolute Gasteiger partial charge is 0.544 e. The molecule has 0 aliphatic carbocycles. The highest BCUT2D eigenvalue weighted by Crippen LogP contribution is 2.21. The summed E-state index contributed by atoms with van der Waals surface area (Å²) in [5.74, 6) is -0.978. The summed E-state index contributed by atoms with van der Waals surface area (Å²) in [6.45, 7) is 8.25. The molecule has 0 fully saturated rings. The first-order chi connectivity index (χ1) is 15.6. The Bertz CT molecular complexity index is 517. The predicted molar refractivity (Wildman–Crippen MR) is 138 cm³/mol. The third-order valence-corrected chi connectivity index (χ3v) is 7.55. The monoisotopic (exact) mass is 468 g/mol. The molecule has 0 saturated carbocycles. The molecule has 33 heavy (non-hydrogen) atoms. The summed E-state index contributed by atoms with van der Waals surface area (Å²) in [6, 6.07) is -0.0255. The molecule has 1 unspecified atom stereocenters. The second kappa shape index (κ2) is 18.3. The number of hydrogen-bond acceptors (Lipinski definition) is 3. The van der Waals surface area contributed by atoms with Gasteiger partial charge in [-0.1, -0.05) is 104 Å². The van der Waals surface area contributed by atoms with Crippen LogP contribution < -0.4 is 10.4 Å². The Hall–Kier alpha value is -1.10. The van der Waals surface area contributed by atoms with Gasteiger partial charge in [-0.25, -0.2) is 0 Å². The van der Waals surface area contributed by atoms with Crippen LogP contribution in [0.25, 0.3) is 0 Å². The van der Waals surface area contributed by atoms with Gasteiger partial charge in [0.15, 0.2) is 0 Å². The van der Waals surface area contributed by atoms with E-state index in [1.165, 1.54) is 83.5 Å². The van der Waals surface area contributed by atoms with Gasteiger partial charge < -0.3 is 19.7 Å². The van der Waals surface area contributed by atoms with E-state index in [1.807, 2.05) is 21.0 Å². The lowest BCUT2D eigenvalue weighted by Gasteiger charge is -2.46. The molecule has 1 atom stereocenters. The summed E-state index contributed by atoms with van der Waals surface area (Å²) < 4.78 is 0.271. The number of amides is 1. The number of unbranched alkanes of at least 4 members (excludes halogenated alkanes) is 14. The number of carbonyl (C=O) groups is 2. The van der Waals surface area contributed by atoms with Crippen molar-refractivity contribution in [1.29, 1.82) is 0 Å². The van der Waals surface area contributed by atoms with Gasteiger partial charge in [0.05, 0.1) is 26.7 Å². The fourth-order valence-corrected chi connectivity index (χ4v) is 4.26. The summed E-state index contributed by atoms with van der Waals surface area (Å²) in [7, 11) is 3.78. The second-order valence-corrected chi connectivity index (χ2v) is 11.1. The minimum Gasteiger partial charge on any atom is -0.544 e. The number of aliphatic carboxylic acids is 1. The molecular formula is C28H56N2O3. The van der Waals surface area contributed by atoms with Crippen molar-refractivity contribution in [2.45, 2.75) is 148 Å². The number of carbonyl (C=O) groups excluding carboxylic acids is 2. The zero-order valence-corrected chi connectivity index (χ0v) is 23.0. The summed E-state index contributed by atoms with van der Waals surface area (Å²) in [5.41, 5.74) is -1.01. The summed E-state index contributed by atoms with van der Waals surface area (Å²) in [5, 5.41) is 14.6. The molecule has 0 radical (unpaired) electrons. The van der Waals surface area contributed by atoms with Crippen LogP contribution in [0.5, 0.6) is 0 Å². The number of rotatable bonds is 22. The van der Waals surface area contributed by atoms with Crippen molar-refractivity contribution < 1.29 is 19.2 Å². The molecule has 5 heteroatoms. The minimum atomic E-state index is -1.06. The molecule has 0 aromatic rings. The second-order valence-electron chi connectivity index (χ2n) is 11.1. The highest BCUT2D eigenvalue weighted by atomic mass is 16.4. The van der Waals surface area contributed by atoms with Gasteiger partial charge in [0.2, 0.25) is 5.91 Å². The fraction of sp³-hybridized carbons (Fsp3) is 0.929. The third-order valence-electron chi connectivity index (χ3n) is 7.55. The molecule has 0 aliphatic heterocycles. The number of quaternary nitrogens is 1. The Labute approximate surface area is 205 Å². The maximum atomic E-state index is 12.4. The molecule has 0 aromatic heterocycles. The zero-order valence-electron chi connectivity index (χ0n) is 23.0. The Balaban J connectivity index is 3.78. The van der Waals surface area contributed by atoms with Crippen LogP contribution in [-0.2, 0) is 9.59 Å². The van der Waals surface area contributed by atoms with Crippen molar-refractivity contribution in [3.63, 3.8) is 0 Å². The van der Waals surface area contributed by atoms with E-state index < -0.39 is 11.5 Å². The lowest BCUT2D eigenvalue weighted by molar-refractivity contribution is -0.931. The van der Waals surface area contributed by atoms with Crippen LogP contribution in [0.4, 0.5) is 0 Å². The predicted octanol–water partition coefficient (Wildman–Crippen LogP) is 5.75.